The summed E-state index contributed by atoms with van der Waals surface area (Å²) < 4.78 is 6.60. The fourth-order valence-corrected chi connectivity index (χ4v) is 1.62. The van der Waals surface area contributed by atoms with Crippen LogP contribution in [0.2, 0.25) is 0 Å². The van der Waals surface area contributed by atoms with Gasteiger partial charge in [-0.3, -0.25) is 9.67 Å². The first-order valence-electron chi connectivity index (χ1n) is 5.44. The van der Waals surface area contributed by atoms with Gasteiger partial charge in [0, 0.05) is 25.0 Å². The van der Waals surface area contributed by atoms with Crippen molar-refractivity contribution >= 4 is 11.7 Å². The molecule has 0 aliphatic heterocycles. The molecule has 0 aliphatic carbocycles. The van der Waals surface area contributed by atoms with Crippen LogP contribution in [-0.4, -0.2) is 20.7 Å². The van der Waals surface area contributed by atoms with Crippen LogP contribution < -0.4 is 5.73 Å². The van der Waals surface area contributed by atoms with Gasteiger partial charge < -0.3 is 10.5 Å². The number of carbonyl (C=O) groups is 1. The van der Waals surface area contributed by atoms with Crippen LogP contribution in [0, 0.1) is 6.92 Å². The number of pyridine rings is 1. The molecule has 0 bridgehead atoms. The highest BCUT2D eigenvalue weighted by atomic mass is 16.5. The summed E-state index contributed by atoms with van der Waals surface area (Å²) in [5.74, 6) is -0.487. The highest BCUT2D eigenvalue weighted by Crippen LogP contribution is 2.16. The van der Waals surface area contributed by atoms with Crippen molar-refractivity contribution in [3.05, 3.63) is 41.5 Å². The van der Waals surface area contributed by atoms with Gasteiger partial charge in [0.25, 0.3) is 0 Å². The Balaban J connectivity index is 2.09. The van der Waals surface area contributed by atoms with E-state index < -0.39 is 5.97 Å². The third kappa shape index (κ3) is 2.32. The summed E-state index contributed by atoms with van der Waals surface area (Å²) in [5, 5.41) is 4.07. The number of hydrogen-bond acceptors (Lipinski definition) is 5. The molecule has 2 rings (SSSR count). The van der Waals surface area contributed by atoms with Crippen molar-refractivity contribution in [2.75, 3.05) is 5.73 Å². The quantitative estimate of drug-likeness (QED) is 0.819. The van der Waals surface area contributed by atoms with E-state index in [1.54, 1.807) is 32.4 Å². The predicted molar refractivity (Wildman–Crippen MR) is 65.7 cm³/mol. The molecule has 0 unspecified atom stereocenters. The Hall–Kier alpha value is -2.37. The van der Waals surface area contributed by atoms with E-state index in [4.69, 9.17) is 10.5 Å². The normalized spacial score (nSPS) is 10.3. The topological polar surface area (TPSA) is 83.0 Å². The van der Waals surface area contributed by atoms with E-state index in [1.165, 1.54) is 4.68 Å². The van der Waals surface area contributed by atoms with Gasteiger partial charge in [0.1, 0.15) is 6.61 Å². The first-order valence-corrected chi connectivity index (χ1v) is 5.44. The van der Waals surface area contributed by atoms with Crippen LogP contribution in [0.15, 0.2) is 24.5 Å². The zero-order valence-corrected chi connectivity index (χ0v) is 10.3. The highest BCUT2D eigenvalue weighted by molar-refractivity contribution is 5.93. The molecule has 2 aromatic heterocycles. The SMILES string of the molecule is Cc1nn(C)c(C(=O)OCc2cccnc2)c1N. The first kappa shape index (κ1) is 12.1. The molecule has 0 aliphatic rings. The van der Waals surface area contributed by atoms with Gasteiger partial charge >= 0.3 is 5.97 Å². The van der Waals surface area contributed by atoms with Crippen LogP contribution >= 0.6 is 0 Å². The van der Waals surface area contributed by atoms with Gasteiger partial charge in [0.15, 0.2) is 5.69 Å². The molecule has 0 radical (unpaired) electrons. The summed E-state index contributed by atoms with van der Waals surface area (Å²) in [6, 6.07) is 3.61. The minimum Gasteiger partial charge on any atom is -0.456 e. The standard InChI is InChI=1S/C12H14N4O2/c1-8-10(13)11(16(2)15-8)12(17)18-7-9-4-3-5-14-6-9/h3-6H,7,13H2,1-2H3. The second-order valence-electron chi connectivity index (χ2n) is 3.91. The van der Waals surface area contributed by atoms with E-state index >= 15 is 0 Å². The maximum absolute atomic E-state index is 11.9. The molecule has 0 saturated heterocycles. The monoisotopic (exact) mass is 246 g/mol. The number of anilines is 1. The lowest BCUT2D eigenvalue weighted by molar-refractivity contribution is 0.0461. The molecule has 0 spiro atoms. The maximum atomic E-state index is 11.9. The van der Waals surface area contributed by atoms with Crippen molar-refractivity contribution in [3.63, 3.8) is 0 Å². The number of rotatable bonds is 3. The summed E-state index contributed by atoms with van der Waals surface area (Å²) in [7, 11) is 1.66. The van der Waals surface area contributed by atoms with Gasteiger partial charge in [-0.15, -0.1) is 0 Å². The van der Waals surface area contributed by atoms with E-state index in [1.807, 2.05) is 6.07 Å². The lowest BCUT2D eigenvalue weighted by atomic mass is 10.3. The average Bonchev–Trinajstić information content (AvgIpc) is 2.62. The summed E-state index contributed by atoms with van der Waals surface area (Å²) in [4.78, 5) is 15.8. The van der Waals surface area contributed by atoms with Crippen LogP contribution in [0.3, 0.4) is 0 Å². The van der Waals surface area contributed by atoms with Crippen molar-refractivity contribution in [2.45, 2.75) is 13.5 Å². The number of esters is 1. The van der Waals surface area contributed by atoms with E-state index in [-0.39, 0.29) is 12.3 Å². The van der Waals surface area contributed by atoms with Crippen LogP contribution in [0.4, 0.5) is 5.69 Å². The Morgan fingerprint density at radius 2 is 2.33 bits per heavy atom. The second-order valence-corrected chi connectivity index (χ2v) is 3.91. The number of ether oxygens (including phenoxy) is 1. The van der Waals surface area contributed by atoms with Gasteiger partial charge in [-0.2, -0.15) is 5.10 Å². The Labute approximate surface area is 104 Å². The molecule has 94 valence electrons. The molecule has 0 amide bonds. The third-order valence-corrected chi connectivity index (χ3v) is 2.55. The molecule has 2 heterocycles. The van der Waals surface area contributed by atoms with Crippen LogP contribution in [0.5, 0.6) is 0 Å². The summed E-state index contributed by atoms with van der Waals surface area (Å²) in [6.45, 7) is 1.91. The van der Waals surface area contributed by atoms with E-state index in [0.717, 1.165) is 5.56 Å². The van der Waals surface area contributed by atoms with Gasteiger partial charge in [-0.05, 0) is 13.0 Å². The van der Waals surface area contributed by atoms with Gasteiger partial charge in [-0.1, -0.05) is 6.07 Å². The molecule has 0 aromatic carbocycles. The molecule has 6 nitrogen and oxygen atoms in total. The van der Waals surface area contributed by atoms with Gasteiger partial charge in [0.05, 0.1) is 11.4 Å². The molecule has 0 atom stereocenters. The largest absolute Gasteiger partial charge is 0.456 e. The van der Waals surface area contributed by atoms with Crippen LogP contribution in [0.1, 0.15) is 21.7 Å². The Kier molecular flexibility index (Phi) is 3.27. The lowest BCUT2D eigenvalue weighted by Crippen LogP contribution is -2.12. The summed E-state index contributed by atoms with van der Waals surface area (Å²) in [5.41, 5.74) is 7.85. The number of nitrogens with two attached hydrogens (primary N) is 1. The molecule has 0 fully saturated rings. The number of carbonyl (C=O) groups excluding carboxylic acids is 1. The van der Waals surface area contributed by atoms with Crippen molar-refractivity contribution in [1.82, 2.24) is 14.8 Å². The Morgan fingerprint density at radius 1 is 1.56 bits per heavy atom. The minimum atomic E-state index is -0.487. The number of aryl methyl sites for hydroxylation is 2. The molecule has 6 heteroatoms. The molecule has 2 N–H and O–H groups in total. The molecule has 0 saturated carbocycles. The number of aromatic nitrogens is 3. The van der Waals surface area contributed by atoms with Crippen molar-refractivity contribution < 1.29 is 9.53 Å². The summed E-state index contributed by atoms with van der Waals surface area (Å²) in [6.07, 6.45) is 3.30. The predicted octanol–water partition coefficient (Wildman–Crippen LogP) is 1.06. The molecular formula is C12H14N4O2. The van der Waals surface area contributed by atoms with Crippen LogP contribution in [-0.2, 0) is 18.4 Å². The van der Waals surface area contributed by atoms with Gasteiger partial charge in [-0.25, -0.2) is 4.79 Å². The van der Waals surface area contributed by atoms with E-state index in [2.05, 4.69) is 10.1 Å². The first-order chi connectivity index (χ1) is 8.59. The zero-order valence-electron chi connectivity index (χ0n) is 10.3. The third-order valence-electron chi connectivity index (χ3n) is 2.55. The maximum Gasteiger partial charge on any atom is 0.359 e. The van der Waals surface area contributed by atoms with Crippen molar-refractivity contribution in [1.29, 1.82) is 0 Å². The molecular weight excluding hydrogens is 232 g/mol. The van der Waals surface area contributed by atoms with Crippen molar-refractivity contribution in [2.24, 2.45) is 7.05 Å². The second kappa shape index (κ2) is 4.87. The molecule has 18 heavy (non-hydrogen) atoms. The Morgan fingerprint density at radius 3 is 2.89 bits per heavy atom. The lowest BCUT2D eigenvalue weighted by Gasteiger charge is -2.05. The van der Waals surface area contributed by atoms with Crippen molar-refractivity contribution in [3.8, 4) is 0 Å². The summed E-state index contributed by atoms with van der Waals surface area (Å²) >= 11 is 0. The number of hydrogen-bond donors (Lipinski definition) is 1. The smallest absolute Gasteiger partial charge is 0.359 e. The molecule has 2 aromatic rings. The van der Waals surface area contributed by atoms with E-state index in [0.29, 0.717) is 11.4 Å². The Bertz CT molecular complexity index is 563. The van der Waals surface area contributed by atoms with Gasteiger partial charge in [0.2, 0.25) is 0 Å². The zero-order chi connectivity index (χ0) is 13.1. The minimum absolute atomic E-state index is 0.163. The van der Waals surface area contributed by atoms with Crippen LogP contribution in [0.25, 0.3) is 0 Å². The average molecular weight is 246 g/mol. The van der Waals surface area contributed by atoms with E-state index in [9.17, 15) is 4.79 Å². The highest BCUT2D eigenvalue weighted by Gasteiger charge is 2.19. The number of nitrogens with zero attached hydrogens (tertiary/aromatic N) is 3. The fourth-order valence-electron chi connectivity index (χ4n) is 1.62. The number of nitrogen functional groups attached to an aromatic ring is 1. The fraction of sp³-hybridized carbons (Fsp3) is 0.250.